The summed E-state index contributed by atoms with van der Waals surface area (Å²) in [6.45, 7) is 2.12. The van der Waals surface area contributed by atoms with Gasteiger partial charge in [-0.2, -0.15) is 5.10 Å². The Morgan fingerprint density at radius 1 is 2.00 bits per heavy atom. The largest absolute Gasteiger partial charge is 0.323 e. The van der Waals surface area contributed by atoms with Gasteiger partial charge in [-0.15, -0.1) is 0 Å². The Morgan fingerprint density at radius 2 is 2.50 bits per heavy atom. The van der Waals surface area contributed by atoms with Crippen LogP contribution in [0.1, 0.15) is 13.3 Å². The van der Waals surface area contributed by atoms with Crippen molar-refractivity contribution < 1.29 is 0 Å². The van der Waals surface area contributed by atoms with Crippen LogP contribution < -0.4 is 5.84 Å². The summed E-state index contributed by atoms with van der Waals surface area (Å²) < 4.78 is 0. The highest BCUT2D eigenvalue weighted by molar-refractivity contribution is 6.00. The molecule has 2 N–H and O–H groups in total. The summed E-state index contributed by atoms with van der Waals surface area (Å²) in [5, 5.41) is 3.50. The average molecular weight is 84.1 g/mol. The van der Waals surface area contributed by atoms with Crippen molar-refractivity contribution in [1.82, 2.24) is 0 Å². The molecule has 0 aromatic rings. The molecule has 34 valence electrons. The number of hydrogen-bond donors (Lipinski definition) is 1. The van der Waals surface area contributed by atoms with Crippen molar-refractivity contribution in [3.63, 3.8) is 0 Å². The summed E-state index contributed by atoms with van der Waals surface area (Å²) in [5.41, 5.74) is 1.16. The van der Waals surface area contributed by atoms with Gasteiger partial charge in [0.2, 0.25) is 0 Å². The first kappa shape index (κ1) is 3.65. The van der Waals surface area contributed by atoms with Gasteiger partial charge in [0.1, 0.15) is 0 Å². The van der Waals surface area contributed by atoms with Gasteiger partial charge < -0.3 is 5.84 Å². The molecule has 0 spiro atoms. The summed E-state index contributed by atoms with van der Waals surface area (Å²) in [4.78, 5) is 0. The smallest absolute Gasteiger partial charge is 0.0414 e. The maximum atomic E-state index is 4.91. The standard InChI is InChI=1S/C4H8N2/c1-3-2-4(3)6-5/h3H,2,5H2,1H3. The van der Waals surface area contributed by atoms with Gasteiger partial charge in [0.15, 0.2) is 0 Å². The third kappa shape index (κ3) is 0.379. The van der Waals surface area contributed by atoms with E-state index in [2.05, 4.69) is 12.0 Å². The molecule has 1 saturated carbocycles. The van der Waals surface area contributed by atoms with E-state index in [0.717, 1.165) is 12.1 Å². The molecule has 2 nitrogen and oxygen atoms in total. The monoisotopic (exact) mass is 84.1 g/mol. The predicted octanol–water partition coefficient (Wildman–Crippen LogP) is 0.341. The van der Waals surface area contributed by atoms with Gasteiger partial charge in [-0.05, 0) is 6.42 Å². The lowest BCUT2D eigenvalue weighted by Gasteiger charge is -1.65. The zero-order valence-electron chi connectivity index (χ0n) is 3.81. The molecule has 2 heteroatoms. The van der Waals surface area contributed by atoms with E-state index < -0.39 is 0 Å². The minimum absolute atomic E-state index is 0.690. The van der Waals surface area contributed by atoms with E-state index in [0.29, 0.717) is 5.92 Å². The maximum absolute atomic E-state index is 4.91. The van der Waals surface area contributed by atoms with Crippen LogP contribution in [-0.4, -0.2) is 5.71 Å². The van der Waals surface area contributed by atoms with Crippen LogP contribution in [-0.2, 0) is 0 Å². The summed E-state index contributed by atoms with van der Waals surface area (Å²) in [5.74, 6) is 5.60. The third-order valence-corrected chi connectivity index (χ3v) is 1.09. The molecule has 1 aliphatic carbocycles. The average Bonchev–Trinajstić information content (AvgIpc) is 2.19. The van der Waals surface area contributed by atoms with Crippen LogP contribution in [0, 0.1) is 5.92 Å². The highest BCUT2D eigenvalue weighted by atomic mass is 15.1. The minimum atomic E-state index is 0.690. The predicted molar refractivity (Wildman–Crippen MR) is 25.4 cm³/mol. The zero-order chi connectivity index (χ0) is 4.57. The van der Waals surface area contributed by atoms with Crippen molar-refractivity contribution in [2.24, 2.45) is 16.9 Å². The second-order valence-corrected chi connectivity index (χ2v) is 1.73. The van der Waals surface area contributed by atoms with Crippen molar-refractivity contribution in [3.8, 4) is 0 Å². The molecule has 1 rings (SSSR count). The zero-order valence-corrected chi connectivity index (χ0v) is 3.81. The Labute approximate surface area is 37.0 Å². The van der Waals surface area contributed by atoms with Gasteiger partial charge in [0.05, 0.1) is 0 Å². The number of nitrogens with two attached hydrogens (primary N) is 1. The van der Waals surface area contributed by atoms with Gasteiger partial charge >= 0.3 is 0 Å². The minimum Gasteiger partial charge on any atom is -0.323 e. The van der Waals surface area contributed by atoms with Crippen molar-refractivity contribution in [3.05, 3.63) is 0 Å². The van der Waals surface area contributed by atoms with Gasteiger partial charge in [-0.1, -0.05) is 6.92 Å². The maximum Gasteiger partial charge on any atom is 0.0414 e. The van der Waals surface area contributed by atoms with E-state index in [1.165, 1.54) is 0 Å². The molecule has 0 saturated heterocycles. The molecular weight excluding hydrogens is 76.1 g/mol. The second kappa shape index (κ2) is 0.965. The molecule has 1 fully saturated rings. The number of hydrogen-bond acceptors (Lipinski definition) is 2. The molecule has 0 heterocycles. The Hall–Kier alpha value is -0.530. The molecule has 0 aromatic carbocycles. The highest BCUT2D eigenvalue weighted by Gasteiger charge is 2.25. The van der Waals surface area contributed by atoms with E-state index >= 15 is 0 Å². The summed E-state index contributed by atoms with van der Waals surface area (Å²) in [6.07, 6.45) is 1.12. The van der Waals surface area contributed by atoms with Gasteiger partial charge in [-0.25, -0.2) is 0 Å². The summed E-state index contributed by atoms with van der Waals surface area (Å²) >= 11 is 0. The molecule has 0 aromatic heterocycles. The van der Waals surface area contributed by atoms with Crippen LogP contribution in [0.3, 0.4) is 0 Å². The second-order valence-electron chi connectivity index (χ2n) is 1.73. The molecule has 0 radical (unpaired) electrons. The van der Waals surface area contributed by atoms with Crippen molar-refractivity contribution in [1.29, 1.82) is 0 Å². The highest BCUT2D eigenvalue weighted by Crippen LogP contribution is 2.23. The lowest BCUT2D eigenvalue weighted by molar-refractivity contribution is 1.03. The van der Waals surface area contributed by atoms with Crippen molar-refractivity contribution >= 4 is 5.71 Å². The summed E-state index contributed by atoms with van der Waals surface area (Å²) in [6, 6.07) is 0. The molecule has 1 aliphatic rings. The van der Waals surface area contributed by atoms with E-state index in [-0.39, 0.29) is 0 Å². The van der Waals surface area contributed by atoms with E-state index in [9.17, 15) is 0 Å². The summed E-state index contributed by atoms with van der Waals surface area (Å²) in [7, 11) is 0. The van der Waals surface area contributed by atoms with Crippen LogP contribution >= 0.6 is 0 Å². The topological polar surface area (TPSA) is 38.4 Å². The number of hydrazone groups is 1. The Morgan fingerprint density at radius 3 is 2.50 bits per heavy atom. The molecular formula is C4H8N2. The van der Waals surface area contributed by atoms with Gasteiger partial charge in [0.25, 0.3) is 0 Å². The lowest BCUT2D eigenvalue weighted by Crippen LogP contribution is -1.80. The number of rotatable bonds is 0. The molecule has 0 amide bonds. The number of nitrogens with zero attached hydrogens (tertiary/aromatic N) is 1. The Balaban J connectivity index is 2.44. The van der Waals surface area contributed by atoms with Crippen molar-refractivity contribution in [2.45, 2.75) is 13.3 Å². The molecule has 6 heavy (non-hydrogen) atoms. The molecule has 0 bridgehead atoms. The van der Waals surface area contributed by atoms with Crippen LogP contribution in [0.25, 0.3) is 0 Å². The fourth-order valence-electron chi connectivity index (χ4n) is 0.435. The van der Waals surface area contributed by atoms with Crippen LogP contribution in [0.2, 0.25) is 0 Å². The molecule has 0 aliphatic heterocycles. The first-order valence-corrected chi connectivity index (χ1v) is 2.11. The quantitative estimate of drug-likeness (QED) is 0.333. The Bertz CT molecular complexity index is 85.5. The normalized spacial score (nSPS) is 37.5. The molecule has 1 atom stereocenters. The van der Waals surface area contributed by atoms with E-state index in [4.69, 9.17) is 5.84 Å². The Kier molecular flexibility index (Phi) is 0.587. The van der Waals surface area contributed by atoms with Crippen LogP contribution in [0.5, 0.6) is 0 Å². The fraction of sp³-hybridized carbons (Fsp3) is 0.750. The molecule has 1 unspecified atom stereocenters. The van der Waals surface area contributed by atoms with Crippen LogP contribution in [0.15, 0.2) is 5.10 Å². The fourth-order valence-corrected chi connectivity index (χ4v) is 0.435. The van der Waals surface area contributed by atoms with Crippen LogP contribution in [0.4, 0.5) is 0 Å². The van der Waals surface area contributed by atoms with Gasteiger partial charge in [0, 0.05) is 11.6 Å². The third-order valence-electron chi connectivity index (χ3n) is 1.09. The van der Waals surface area contributed by atoms with Gasteiger partial charge in [-0.3, -0.25) is 0 Å². The van der Waals surface area contributed by atoms with Crippen molar-refractivity contribution in [2.75, 3.05) is 0 Å². The van der Waals surface area contributed by atoms with E-state index in [1.807, 2.05) is 0 Å². The first-order chi connectivity index (χ1) is 2.84. The first-order valence-electron chi connectivity index (χ1n) is 2.11. The van der Waals surface area contributed by atoms with E-state index in [1.54, 1.807) is 0 Å². The lowest BCUT2D eigenvalue weighted by atomic mass is 10.5. The SMILES string of the molecule is CC1CC1=NN.